The SMILES string of the molecule is Cc1c(-c2ccc(N3CCc4cccc(C(=O)Nc5nc6ccccc6s5)c4C3)nc2C(=O)O)cnn1CC12CC3(C)CC(C)(C1)CC(OCCN(C)C(=O)OCc1ccc(O[C@@H]4OC5(C[C@H]5O)[C@@H](O)[C@H](O)[C@H]4O)c(NC(=O)CCNC(=O)CCCCCN4C(=O)C=CC4=O)c1)(C3)C2. The van der Waals surface area contributed by atoms with Crippen molar-refractivity contribution < 1.29 is 78.0 Å². The predicted molar refractivity (Wildman–Crippen MR) is 358 cm³/mol. The Morgan fingerprint density at radius 1 is 0.827 bits per heavy atom. The maximum atomic E-state index is 13.8. The number of aliphatic hydroxyl groups is 4. The van der Waals surface area contributed by atoms with Crippen molar-refractivity contribution in [3.05, 3.63) is 125 Å². The number of carbonyl (C=O) groups is 7. The molecule has 6 aromatic rings. The summed E-state index contributed by atoms with van der Waals surface area (Å²) in [5, 5.41) is 67.3. The molecule has 27 heteroatoms. The number of thiazole rings is 1. The van der Waals surface area contributed by atoms with Crippen molar-refractivity contribution in [2.75, 3.05) is 55.4 Å². The van der Waals surface area contributed by atoms with E-state index < -0.39 is 59.9 Å². The Morgan fingerprint density at radius 3 is 2.34 bits per heavy atom. The Hall–Kier alpha value is -8.70. The lowest BCUT2D eigenvalue weighted by atomic mass is 9.39. The minimum absolute atomic E-state index is 0.0128. The second-order valence-electron chi connectivity index (χ2n) is 28.6. The first-order chi connectivity index (χ1) is 46.8. The number of amides is 6. The average molecular weight is 1360 g/mol. The summed E-state index contributed by atoms with van der Waals surface area (Å²) in [6, 6.07) is 21.6. The summed E-state index contributed by atoms with van der Waals surface area (Å²) in [6.07, 6.45) is 3.47. The number of aromatic nitrogens is 4. The standard InChI is InChI=1S/C71H82N10O16S/c1-41-46(44-17-19-53(76-58(44)63(91)92)79-26-23-43-11-10-12-45(47(43)32-79)62(90)77-65-75-48-13-7-8-14-51(48)98-65)31-73-81(41)40-69-35-67(2)34-68(3,36-69)38-70(37-67,39-69)95-28-27-78(4)66(93)94-33-42-16-18-50(96-64-60(88)59(87)61(89)71(97-64)30-52(71)82)49(29-42)74-55(84)22-24-72-54(83)15-6-5-9-25-80-56(85)20-21-57(80)86/h7-8,10-14,16-21,29,31,52,59-61,64,82,87-89H,5-6,9,15,22-28,30,32-40H2,1-4H3,(H,72,83)(H,74,84)(H,91,92)(H,75,77,90)/t52-,59-,60-,61+,64-,67?,68?,69?,70?,71?/m1/s1. The second-order valence-corrected chi connectivity index (χ2v) is 29.6. The van der Waals surface area contributed by atoms with E-state index in [9.17, 15) is 59.1 Å². The maximum Gasteiger partial charge on any atom is 0.409 e. The van der Waals surface area contributed by atoms with E-state index in [0.29, 0.717) is 78.5 Å². The number of nitrogens with zero attached hydrogens (tertiary/aromatic N) is 7. The van der Waals surface area contributed by atoms with Gasteiger partial charge < -0.3 is 64.9 Å². The summed E-state index contributed by atoms with van der Waals surface area (Å²) in [5.41, 5.74) is 3.28. The van der Waals surface area contributed by atoms with Crippen molar-refractivity contribution >= 4 is 79.8 Å². The van der Waals surface area contributed by atoms with E-state index in [1.54, 1.807) is 25.4 Å². The molecule has 6 amide bonds. The van der Waals surface area contributed by atoms with Gasteiger partial charge in [-0.25, -0.2) is 19.6 Å². The summed E-state index contributed by atoms with van der Waals surface area (Å²) in [7, 11) is 1.62. The van der Waals surface area contributed by atoms with E-state index in [1.165, 1.54) is 40.5 Å². The van der Waals surface area contributed by atoms with Gasteiger partial charge in [0.05, 0.1) is 40.4 Å². The Balaban J connectivity index is 0.625. The van der Waals surface area contributed by atoms with E-state index in [4.69, 9.17) is 29.0 Å². The highest BCUT2D eigenvalue weighted by atomic mass is 32.1. The highest BCUT2D eigenvalue weighted by Gasteiger charge is 2.68. The van der Waals surface area contributed by atoms with Gasteiger partial charge in [-0.05, 0) is 140 Å². The number of ether oxygens (including phenoxy) is 4. The van der Waals surface area contributed by atoms with Gasteiger partial charge in [-0.1, -0.05) is 61.9 Å². The van der Waals surface area contributed by atoms with Gasteiger partial charge in [0.2, 0.25) is 18.1 Å². The third kappa shape index (κ3) is 13.9. The number of para-hydroxylation sites is 1. The minimum Gasteiger partial charge on any atom is -0.476 e. The Kier molecular flexibility index (Phi) is 18.6. The van der Waals surface area contributed by atoms with Gasteiger partial charge in [0, 0.05) is 100 Å². The molecule has 6 heterocycles. The molecule has 1 saturated heterocycles. The minimum atomic E-state index is -1.75. The van der Waals surface area contributed by atoms with Crippen LogP contribution in [-0.4, -0.2) is 178 Å². The molecule has 5 saturated carbocycles. The van der Waals surface area contributed by atoms with E-state index in [-0.39, 0.29) is 109 Å². The zero-order valence-corrected chi connectivity index (χ0v) is 56.0. The smallest absolute Gasteiger partial charge is 0.409 e. The van der Waals surface area contributed by atoms with Crippen LogP contribution in [0, 0.1) is 23.2 Å². The Morgan fingerprint density at radius 2 is 1.59 bits per heavy atom. The molecular weight excluding hydrogens is 1280 g/mol. The fraction of sp³-hybridized carbons (Fsp3) is 0.493. The third-order valence-electron chi connectivity index (χ3n) is 20.6. The molecule has 3 unspecified atom stereocenters. The fourth-order valence-corrected chi connectivity index (χ4v) is 17.8. The van der Waals surface area contributed by atoms with Crippen molar-refractivity contribution in [3.63, 3.8) is 0 Å². The zero-order chi connectivity index (χ0) is 69.1. The van der Waals surface area contributed by atoms with Crippen LogP contribution >= 0.6 is 11.3 Å². The van der Waals surface area contributed by atoms with Crippen molar-refractivity contribution in [2.45, 2.75) is 166 Å². The Labute approximate surface area is 569 Å². The van der Waals surface area contributed by atoms with Gasteiger partial charge >= 0.3 is 12.1 Å². The van der Waals surface area contributed by atoms with Gasteiger partial charge in [0.1, 0.15) is 42.1 Å². The molecule has 26 nitrogen and oxygen atoms in total. The molecule has 6 fully saturated rings. The van der Waals surface area contributed by atoms with E-state index in [1.807, 2.05) is 65.0 Å². The van der Waals surface area contributed by atoms with Crippen LogP contribution in [-0.2, 0) is 59.5 Å². The normalized spacial score (nSPS) is 27.3. The quantitative estimate of drug-likeness (QED) is 0.0210. The van der Waals surface area contributed by atoms with Crippen LogP contribution in [0.2, 0.25) is 0 Å². The van der Waals surface area contributed by atoms with Crippen LogP contribution in [0.15, 0.2) is 91.1 Å². The van der Waals surface area contributed by atoms with E-state index >= 15 is 0 Å². The fourth-order valence-electron chi connectivity index (χ4n) is 16.9. The molecule has 1 spiro atoms. The number of unbranched alkanes of at least 4 members (excludes halogenated alkanes) is 2. The number of pyridine rings is 1. The van der Waals surface area contributed by atoms with Crippen LogP contribution in [0.25, 0.3) is 21.3 Å². The lowest BCUT2D eigenvalue weighted by molar-refractivity contribution is -0.288. The molecule has 3 aromatic carbocycles. The number of fused-ring (bicyclic) bond motifs is 2. The van der Waals surface area contributed by atoms with Gasteiger partial charge in [-0.15, -0.1) is 0 Å². The largest absolute Gasteiger partial charge is 0.476 e. The topological polar surface area (TPSA) is 347 Å². The molecule has 518 valence electrons. The van der Waals surface area contributed by atoms with Crippen LogP contribution in [0.5, 0.6) is 5.75 Å². The van der Waals surface area contributed by atoms with Crippen LogP contribution in [0.3, 0.4) is 0 Å². The molecule has 3 aliphatic heterocycles. The molecule has 14 rings (SSSR count). The van der Waals surface area contributed by atoms with Gasteiger partial charge in [0.15, 0.2) is 10.8 Å². The molecule has 3 aromatic heterocycles. The van der Waals surface area contributed by atoms with Crippen LogP contribution in [0.1, 0.15) is 134 Å². The number of aromatic carboxylic acids is 1. The summed E-state index contributed by atoms with van der Waals surface area (Å²) < 4.78 is 27.6. The lowest BCUT2D eigenvalue weighted by Crippen LogP contribution is -2.64. The molecule has 4 bridgehead atoms. The molecule has 5 aliphatic carbocycles. The maximum absolute atomic E-state index is 13.8. The first kappa shape index (κ1) is 67.9. The zero-order valence-electron chi connectivity index (χ0n) is 55.2. The molecule has 8 atom stereocenters. The highest BCUT2D eigenvalue weighted by molar-refractivity contribution is 7.22. The van der Waals surface area contributed by atoms with Gasteiger partial charge in [-0.2, -0.15) is 5.10 Å². The van der Waals surface area contributed by atoms with Crippen molar-refractivity contribution in [1.29, 1.82) is 0 Å². The average Bonchev–Trinajstić information content (AvgIpc) is 0.876. The number of carbonyl (C=O) groups excluding carboxylic acids is 6. The lowest BCUT2D eigenvalue weighted by Gasteiger charge is -2.69. The number of hydrogen-bond acceptors (Lipinski definition) is 20. The number of carboxylic acid groups (broad SMARTS) is 1. The van der Waals surface area contributed by atoms with Gasteiger partial charge in [-0.3, -0.25) is 38.9 Å². The summed E-state index contributed by atoms with van der Waals surface area (Å²) in [5.74, 6) is -2.52. The number of aliphatic hydroxyl groups excluding tert-OH is 4. The first-order valence-corrected chi connectivity index (χ1v) is 34.3. The van der Waals surface area contributed by atoms with Crippen molar-refractivity contribution in [3.8, 4) is 16.9 Å². The van der Waals surface area contributed by atoms with E-state index in [2.05, 4.69) is 34.8 Å². The number of hydrogen-bond donors (Lipinski definition) is 8. The number of benzene rings is 3. The van der Waals surface area contributed by atoms with Crippen LogP contribution in [0.4, 0.5) is 21.4 Å². The highest BCUT2D eigenvalue weighted by Crippen LogP contribution is 2.72. The van der Waals surface area contributed by atoms with Gasteiger partial charge in [0.25, 0.3) is 17.7 Å². The molecule has 8 N–H and O–H groups in total. The van der Waals surface area contributed by atoms with E-state index in [0.717, 1.165) is 70.5 Å². The number of nitrogens with one attached hydrogen (secondary N) is 3. The number of carboxylic acids is 1. The second kappa shape index (κ2) is 26.9. The summed E-state index contributed by atoms with van der Waals surface area (Å²) >= 11 is 1.41. The van der Waals surface area contributed by atoms with Crippen molar-refractivity contribution in [1.82, 2.24) is 34.9 Å². The predicted octanol–water partition coefficient (Wildman–Crippen LogP) is 7.03. The summed E-state index contributed by atoms with van der Waals surface area (Å²) in [4.78, 5) is 104. The molecular formula is C71H82N10O16S. The number of rotatable bonds is 25. The molecule has 8 aliphatic rings. The Bertz CT molecular complexity index is 4100. The molecule has 0 radical (unpaired) electrons. The number of likely N-dealkylation sites (N-methyl/N-ethyl adjacent to an activating group) is 1. The number of anilines is 3. The monoisotopic (exact) mass is 1360 g/mol. The van der Waals surface area contributed by atoms with Crippen LogP contribution < -0.4 is 25.6 Å². The first-order valence-electron chi connectivity index (χ1n) is 33.4. The molecule has 98 heavy (non-hydrogen) atoms. The summed E-state index contributed by atoms with van der Waals surface area (Å²) in [6.45, 7) is 8.63. The van der Waals surface area contributed by atoms with Crippen molar-refractivity contribution in [2.24, 2.45) is 16.2 Å². The number of imide groups is 1. The third-order valence-corrected chi connectivity index (χ3v) is 21.6.